The van der Waals surface area contributed by atoms with Gasteiger partial charge in [-0.25, -0.2) is 9.97 Å². The van der Waals surface area contributed by atoms with Crippen LogP contribution < -0.4 is 10.6 Å². The van der Waals surface area contributed by atoms with Crippen LogP contribution in [0.2, 0.25) is 0 Å². The van der Waals surface area contributed by atoms with Crippen LogP contribution in [0.4, 0.5) is 10.9 Å². The molecule has 0 radical (unpaired) electrons. The summed E-state index contributed by atoms with van der Waals surface area (Å²) < 4.78 is 0. The van der Waals surface area contributed by atoms with Crippen molar-refractivity contribution in [3.8, 4) is 0 Å². The van der Waals surface area contributed by atoms with E-state index in [0.29, 0.717) is 10.7 Å². The molecule has 1 saturated heterocycles. The molecule has 3 aliphatic rings. The minimum Gasteiger partial charge on any atom is -0.317 e. The molecule has 2 N–H and O–H groups in total. The molecule has 0 spiro atoms. The summed E-state index contributed by atoms with van der Waals surface area (Å²) in [6.45, 7) is 11.4. The number of rotatable bonds is 6. The van der Waals surface area contributed by atoms with E-state index in [1.165, 1.54) is 79.7 Å². The summed E-state index contributed by atoms with van der Waals surface area (Å²) >= 11 is 3.80. The van der Waals surface area contributed by atoms with Crippen molar-refractivity contribution in [2.75, 3.05) is 18.4 Å². The Bertz CT molecular complexity index is 924. The summed E-state index contributed by atoms with van der Waals surface area (Å²) in [7, 11) is 0. The lowest BCUT2D eigenvalue weighted by molar-refractivity contribution is 0.316. The molecule has 3 heterocycles. The van der Waals surface area contributed by atoms with Gasteiger partial charge in [0.25, 0.3) is 0 Å². The van der Waals surface area contributed by atoms with Crippen LogP contribution in [0.3, 0.4) is 0 Å². The largest absolute Gasteiger partial charge is 0.317 e. The van der Waals surface area contributed by atoms with E-state index in [1.807, 2.05) is 11.8 Å². The number of hydrogen-bond donors (Lipinski definition) is 2. The molecule has 0 atom stereocenters. The molecule has 35 heavy (non-hydrogen) atoms. The molecule has 2 aliphatic carbocycles. The van der Waals surface area contributed by atoms with Crippen molar-refractivity contribution in [3.63, 3.8) is 0 Å². The van der Waals surface area contributed by atoms with Gasteiger partial charge in [0.15, 0.2) is 5.13 Å². The van der Waals surface area contributed by atoms with Crippen LogP contribution in [0.1, 0.15) is 101 Å². The molecule has 4 nitrogen and oxygen atoms in total. The van der Waals surface area contributed by atoms with Crippen LogP contribution in [0.15, 0.2) is 17.0 Å². The van der Waals surface area contributed by atoms with E-state index in [2.05, 4.69) is 55.4 Å². The number of aromatic nitrogens is 2. The monoisotopic (exact) mass is 514 g/mol. The third-order valence-electron chi connectivity index (χ3n) is 7.63. The predicted octanol–water partition coefficient (Wildman–Crippen LogP) is 8.32. The third kappa shape index (κ3) is 8.46. The summed E-state index contributed by atoms with van der Waals surface area (Å²) in [6.07, 6.45) is 16.4. The van der Waals surface area contributed by atoms with Crippen molar-refractivity contribution in [2.24, 2.45) is 11.3 Å². The number of thiazole rings is 1. The van der Waals surface area contributed by atoms with Gasteiger partial charge in [0.2, 0.25) is 0 Å². The lowest BCUT2D eigenvalue weighted by Crippen LogP contribution is -2.29. The highest BCUT2D eigenvalue weighted by molar-refractivity contribution is 8.00. The fourth-order valence-corrected chi connectivity index (χ4v) is 8.17. The van der Waals surface area contributed by atoms with Crippen molar-refractivity contribution in [2.45, 2.75) is 115 Å². The standard InChI is InChI=1S/C20H28N4S2.C9H18/c1-13-10-15(25-14-5-8-21-9-6-14)11-18(22-13)24-19-23-16-4-7-20(2,3)12-17(16)26-19;1-2-6-9-7-4-3-5-8-9/h10-11,14,21H,4-9,12H2,1-3H3,(H,22,23,24);9H,2-8H2,1H3. The van der Waals surface area contributed by atoms with Gasteiger partial charge < -0.3 is 10.6 Å². The highest BCUT2D eigenvalue weighted by atomic mass is 32.2. The predicted molar refractivity (Wildman–Crippen MR) is 153 cm³/mol. The molecule has 0 unspecified atom stereocenters. The number of anilines is 2. The van der Waals surface area contributed by atoms with E-state index in [1.54, 1.807) is 11.3 Å². The average Bonchev–Trinajstić information content (AvgIpc) is 3.21. The molecule has 0 amide bonds. The number of nitrogens with one attached hydrogen (secondary N) is 2. The molecular formula is C29H46N4S2. The first-order valence-electron chi connectivity index (χ1n) is 14.0. The lowest BCUT2D eigenvalue weighted by atomic mass is 9.79. The number of nitrogens with zero attached hydrogens (tertiary/aromatic N) is 2. The average molecular weight is 515 g/mol. The van der Waals surface area contributed by atoms with Gasteiger partial charge in [0.05, 0.1) is 5.69 Å². The van der Waals surface area contributed by atoms with Gasteiger partial charge in [-0.2, -0.15) is 0 Å². The van der Waals surface area contributed by atoms with Crippen molar-refractivity contribution < 1.29 is 0 Å². The molecule has 2 fully saturated rings. The normalized spacial score (nSPS) is 20.6. The Balaban J connectivity index is 0.000000271. The van der Waals surface area contributed by atoms with Crippen LogP contribution >= 0.6 is 23.1 Å². The van der Waals surface area contributed by atoms with E-state index in [4.69, 9.17) is 4.98 Å². The molecule has 5 rings (SSSR count). The zero-order valence-corrected chi connectivity index (χ0v) is 24.1. The molecule has 194 valence electrons. The van der Waals surface area contributed by atoms with Crippen molar-refractivity contribution in [1.82, 2.24) is 15.3 Å². The van der Waals surface area contributed by atoms with Gasteiger partial charge in [0.1, 0.15) is 5.82 Å². The van der Waals surface area contributed by atoms with Gasteiger partial charge >= 0.3 is 0 Å². The van der Waals surface area contributed by atoms with Gasteiger partial charge in [-0.1, -0.05) is 65.7 Å². The first-order chi connectivity index (χ1) is 16.9. The Hall–Kier alpha value is -1.11. The van der Waals surface area contributed by atoms with Crippen molar-refractivity contribution in [1.29, 1.82) is 0 Å². The van der Waals surface area contributed by atoms with Gasteiger partial charge in [-0.05, 0) is 75.6 Å². The molecule has 2 aromatic heterocycles. The van der Waals surface area contributed by atoms with Gasteiger partial charge in [-0.3, -0.25) is 0 Å². The zero-order valence-electron chi connectivity index (χ0n) is 22.4. The van der Waals surface area contributed by atoms with Gasteiger partial charge in [0, 0.05) is 20.7 Å². The van der Waals surface area contributed by atoms with E-state index in [9.17, 15) is 0 Å². The number of piperidine rings is 1. The van der Waals surface area contributed by atoms with Crippen LogP contribution in [0.25, 0.3) is 0 Å². The number of fused-ring (bicyclic) bond motifs is 1. The third-order valence-corrected chi connectivity index (χ3v) is 9.95. The second-order valence-electron chi connectivity index (χ2n) is 11.5. The Morgan fingerprint density at radius 3 is 2.60 bits per heavy atom. The summed E-state index contributed by atoms with van der Waals surface area (Å²) in [5, 5.41) is 8.62. The number of thioether (sulfide) groups is 1. The number of pyridine rings is 1. The lowest BCUT2D eigenvalue weighted by Gasteiger charge is -2.28. The molecular weight excluding hydrogens is 468 g/mol. The van der Waals surface area contributed by atoms with E-state index in [0.717, 1.165) is 48.5 Å². The smallest absolute Gasteiger partial charge is 0.188 e. The molecule has 6 heteroatoms. The van der Waals surface area contributed by atoms with E-state index in [-0.39, 0.29) is 0 Å². The maximum Gasteiger partial charge on any atom is 0.188 e. The Morgan fingerprint density at radius 1 is 1.09 bits per heavy atom. The quantitative estimate of drug-likeness (QED) is 0.406. The SMILES string of the molecule is CCCC1CCCCC1.Cc1cc(SC2CCNCC2)cc(Nc2nc3c(s2)CC(C)(C)CC3)n1. The maximum absolute atomic E-state index is 4.84. The minimum absolute atomic E-state index is 0.400. The van der Waals surface area contributed by atoms with Crippen molar-refractivity contribution >= 4 is 34.0 Å². The summed E-state index contributed by atoms with van der Waals surface area (Å²) in [5.74, 6) is 2.02. The van der Waals surface area contributed by atoms with Crippen LogP contribution in [-0.2, 0) is 12.8 Å². The van der Waals surface area contributed by atoms with E-state index < -0.39 is 0 Å². The fraction of sp³-hybridized carbons (Fsp3) is 0.724. The van der Waals surface area contributed by atoms with Crippen LogP contribution in [0.5, 0.6) is 0 Å². The first-order valence-corrected chi connectivity index (χ1v) is 15.7. The fourth-order valence-electron chi connectivity index (χ4n) is 5.62. The van der Waals surface area contributed by atoms with Crippen LogP contribution in [0, 0.1) is 18.3 Å². The number of aryl methyl sites for hydroxylation is 2. The Labute approximate surface area is 221 Å². The molecule has 1 saturated carbocycles. The zero-order chi connectivity index (χ0) is 24.7. The molecule has 0 aromatic carbocycles. The van der Waals surface area contributed by atoms with E-state index >= 15 is 0 Å². The van der Waals surface area contributed by atoms with Crippen molar-refractivity contribution in [3.05, 3.63) is 28.4 Å². The number of hydrogen-bond acceptors (Lipinski definition) is 6. The Morgan fingerprint density at radius 2 is 1.86 bits per heavy atom. The summed E-state index contributed by atoms with van der Waals surface area (Å²) in [5.41, 5.74) is 2.75. The maximum atomic E-state index is 4.84. The molecule has 0 bridgehead atoms. The Kier molecular flexibility index (Phi) is 9.94. The second-order valence-corrected chi connectivity index (χ2v) is 14.0. The highest BCUT2D eigenvalue weighted by Gasteiger charge is 2.28. The van der Waals surface area contributed by atoms with Crippen LogP contribution in [-0.4, -0.2) is 28.3 Å². The summed E-state index contributed by atoms with van der Waals surface area (Å²) in [4.78, 5) is 12.3. The molecule has 2 aromatic rings. The van der Waals surface area contributed by atoms with Gasteiger partial charge in [-0.15, -0.1) is 23.1 Å². The second kappa shape index (κ2) is 12.9. The molecule has 1 aliphatic heterocycles. The highest BCUT2D eigenvalue weighted by Crippen LogP contribution is 2.39. The topological polar surface area (TPSA) is 49.8 Å². The first kappa shape index (κ1) is 26.9. The summed E-state index contributed by atoms with van der Waals surface area (Å²) in [6, 6.07) is 4.39. The minimum atomic E-state index is 0.400.